The van der Waals surface area contributed by atoms with Crippen LogP contribution in [0.2, 0.25) is 0 Å². The minimum Gasteiger partial charge on any atom is -0.493 e. The van der Waals surface area contributed by atoms with Gasteiger partial charge in [-0.05, 0) is 61.1 Å². The van der Waals surface area contributed by atoms with E-state index in [-0.39, 0.29) is 5.91 Å². The SMILES string of the molecule is CCOc1ccc(/C=C/C(=O)NCc2csc(C)c2C)cc1OC. The van der Waals surface area contributed by atoms with Gasteiger partial charge in [0, 0.05) is 17.5 Å². The van der Waals surface area contributed by atoms with Gasteiger partial charge < -0.3 is 14.8 Å². The molecule has 0 fully saturated rings. The largest absolute Gasteiger partial charge is 0.493 e. The Bertz CT molecular complexity index is 734. The zero-order chi connectivity index (χ0) is 17.5. The van der Waals surface area contributed by atoms with Crippen LogP contribution in [0.4, 0.5) is 0 Å². The average Bonchev–Trinajstić information content (AvgIpc) is 2.91. The van der Waals surface area contributed by atoms with Crippen molar-refractivity contribution in [2.24, 2.45) is 0 Å². The predicted octanol–water partition coefficient (Wildman–Crippen LogP) is 4.10. The molecule has 0 aliphatic heterocycles. The molecule has 0 saturated heterocycles. The number of hydrogen-bond acceptors (Lipinski definition) is 4. The van der Waals surface area contributed by atoms with E-state index in [1.165, 1.54) is 22.1 Å². The fourth-order valence-corrected chi connectivity index (χ4v) is 3.10. The number of benzene rings is 1. The Hall–Kier alpha value is -2.27. The number of hydrogen-bond donors (Lipinski definition) is 1. The molecule has 0 saturated carbocycles. The van der Waals surface area contributed by atoms with Gasteiger partial charge in [-0.2, -0.15) is 0 Å². The Kier molecular flexibility index (Phi) is 6.44. The van der Waals surface area contributed by atoms with E-state index in [0.29, 0.717) is 24.7 Å². The van der Waals surface area contributed by atoms with Crippen LogP contribution in [0.1, 0.15) is 28.5 Å². The summed E-state index contributed by atoms with van der Waals surface area (Å²) in [6.07, 6.45) is 3.29. The van der Waals surface area contributed by atoms with Gasteiger partial charge in [-0.15, -0.1) is 11.3 Å². The highest BCUT2D eigenvalue weighted by Crippen LogP contribution is 2.28. The number of rotatable bonds is 7. The van der Waals surface area contributed by atoms with E-state index in [4.69, 9.17) is 9.47 Å². The lowest BCUT2D eigenvalue weighted by Crippen LogP contribution is -2.20. The molecular weight excluding hydrogens is 322 g/mol. The maximum atomic E-state index is 12.0. The van der Waals surface area contributed by atoms with Gasteiger partial charge in [-0.1, -0.05) is 6.07 Å². The van der Waals surface area contributed by atoms with Gasteiger partial charge in [0.05, 0.1) is 13.7 Å². The van der Waals surface area contributed by atoms with E-state index >= 15 is 0 Å². The van der Waals surface area contributed by atoms with Crippen LogP contribution in [0.25, 0.3) is 6.08 Å². The third-order valence-electron chi connectivity index (χ3n) is 3.76. The van der Waals surface area contributed by atoms with Crippen LogP contribution < -0.4 is 14.8 Å². The normalized spacial score (nSPS) is 10.8. The summed E-state index contributed by atoms with van der Waals surface area (Å²) in [5.74, 6) is 1.24. The smallest absolute Gasteiger partial charge is 0.244 e. The Morgan fingerprint density at radius 1 is 1.29 bits per heavy atom. The van der Waals surface area contributed by atoms with E-state index in [1.807, 2.05) is 25.1 Å². The number of amides is 1. The van der Waals surface area contributed by atoms with Crippen LogP contribution in [0, 0.1) is 13.8 Å². The number of methoxy groups -OCH3 is 1. The first kappa shape index (κ1) is 18.1. The van der Waals surface area contributed by atoms with E-state index < -0.39 is 0 Å². The van der Waals surface area contributed by atoms with Crippen molar-refractivity contribution in [3.63, 3.8) is 0 Å². The molecule has 0 unspecified atom stereocenters. The second-order valence-electron chi connectivity index (χ2n) is 5.34. The highest BCUT2D eigenvalue weighted by Gasteiger charge is 2.06. The average molecular weight is 345 g/mol. The topological polar surface area (TPSA) is 47.6 Å². The summed E-state index contributed by atoms with van der Waals surface area (Å²) in [4.78, 5) is 13.3. The fraction of sp³-hybridized carbons (Fsp3) is 0.316. The van der Waals surface area contributed by atoms with Crippen molar-refractivity contribution < 1.29 is 14.3 Å². The summed E-state index contributed by atoms with van der Waals surface area (Å²) in [5.41, 5.74) is 3.30. The maximum absolute atomic E-state index is 12.0. The standard InChI is InChI=1S/C19H23NO3S/c1-5-23-17-8-6-15(10-18(17)22-4)7-9-19(21)20-11-16-12-24-14(3)13(16)2/h6-10,12H,5,11H2,1-4H3,(H,20,21)/b9-7+. The highest BCUT2D eigenvalue weighted by atomic mass is 32.1. The molecule has 0 spiro atoms. The van der Waals surface area contributed by atoms with E-state index in [0.717, 1.165) is 5.56 Å². The summed E-state index contributed by atoms with van der Waals surface area (Å²) < 4.78 is 10.8. The molecule has 1 aromatic carbocycles. The van der Waals surface area contributed by atoms with E-state index in [2.05, 4.69) is 24.5 Å². The first-order valence-corrected chi connectivity index (χ1v) is 8.73. The van der Waals surface area contributed by atoms with Crippen LogP contribution in [-0.2, 0) is 11.3 Å². The summed E-state index contributed by atoms with van der Waals surface area (Å²) in [6, 6.07) is 5.59. The molecule has 1 heterocycles. The van der Waals surface area contributed by atoms with Gasteiger partial charge in [0.25, 0.3) is 0 Å². The number of ether oxygens (including phenoxy) is 2. The monoisotopic (exact) mass is 345 g/mol. The van der Waals surface area contributed by atoms with Gasteiger partial charge in [0.1, 0.15) is 0 Å². The number of thiophene rings is 1. The first-order chi connectivity index (χ1) is 11.5. The van der Waals surface area contributed by atoms with Gasteiger partial charge >= 0.3 is 0 Å². The van der Waals surface area contributed by atoms with Crippen LogP contribution >= 0.6 is 11.3 Å². The summed E-state index contributed by atoms with van der Waals surface area (Å²) in [7, 11) is 1.60. The predicted molar refractivity (Wildman–Crippen MR) is 98.8 cm³/mol. The molecule has 24 heavy (non-hydrogen) atoms. The van der Waals surface area contributed by atoms with Gasteiger partial charge in [-0.3, -0.25) is 4.79 Å². The van der Waals surface area contributed by atoms with Crippen molar-refractivity contribution in [3.05, 3.63) is 51.2 Å². The molecule has 2 rings (SSSR count). The molecule has 1 amide bonds. The van der Waals surface area contributed by atoms with Crippen molar-refractivity contribution in [1.82, 2.24) is 5.32 Å². The lowest BCUT2D eigenvalue weighted by Gasteiger charge is -2.09. The molecule has 4 nitrogen and oxygen atoms in total. The van der Waals surface area contributed by atoms with Crippen molar-refractivity contribution >= 4 is 23.3 Å². The summed E-state index contributed by atoms with van der Waals surface area (Å²) >= 11 is 1.71. The quantitative estimate of drug-likeness (QED) is 0.769. The number of aryl methyl sites for hydroxylation is 1. The van der Waals surface area contributed by atoms with Crippen LogP contribution in [0.15, 0.2) is 29.7 Å². The number of carbonyl (C=O) groups excluding carboxylic acids is 1. The molecule has 2 aromatic rings. The summed E-state index contributed by atoms with van der Waals surface area (Å²) in [6.45, 7) is 7.22. The van der Waals surface area contributed by atoms with Gasteiger partial charge in [0.2, 0.25) is 5.91 Å². The molecule has 0 aliphatic carbocycles. The Labute approximate surface area is 147 Å². The molecular formula is C19H23NO3S. The molecule has 5 heteroatoms. The minimum atomic E-state index is -0.119. The second kappa shape index (κ2) is 8.55. The van der Waals surface area contributed by atoms with Crippen molar-refractivity contribution in [3.8, 4) is 11.5 Å². The van der Waals surface area contributed by atoms with Crippen molar-refractivity contribution in [2.75, 3.05) is 13.7 Å². The molecule has 128 valence electrons. The lowest BCUT2D eigenvalue weighted by molar-refractivity contribution is -0.116. The van der Waals surface area contributed by atoms with E-state index in [1.54, 1.807) is 24.5 Å². The molecule has 0 aliphatic rings. The molecule has 1 N–H and O–H groups in total. The second-order valence-corrected chi connectivity index (χ2v) is 6.42. The maximum Gasteiger partial charge on any atom is 0.244 e. The lowest BCUT2D eigenvalue weighted by atomic mass is 10.1. The molecule has 0 radical (unpaired) electrons. The minimum absolute atomic E-state index is 0.119. The Morgan fingerprint density at radius 3 is 2.71 bits per heavy atom. The fourth-order valence-electron chi connectivity index (χ4n) is 2.21. The van der Waals surface area contributed by atoms with Gasteiger partial charge in [-0.25, -0.2) is 0 Å². The zero-order valence-electron chi connectivity index (χ0n) is 14.5. The number of nitrogens with one attached hydrogen (secondary N) is 1. The van der Waals surface area contributed by atoms with Crippen LogP contribution in [0.3, 0.4) is 0 Å². The third-order valence-corrected chi connectivity index (χ3v) is 4.82. The first-order valence-electron chi connectivity index (χ1n) is 7.85. The van der Waals surface area contributed by atoms with Crippen LogP contribution in [0.5, 0.6) is 11.5 Å². The summed E-state index contributed by atoms with van der Waals surface area (Å²) in [5, 5.41) is 5.00. The number of carbonyl (C=O) groups is 1. The molecule has 0 atom stereocenters. The Balaban J connectivity index is 1.97. The molecule has 0 bridgehead atoms. The molecule has 1 aromatic heterocycles. The van der Waals surface area contributed by atoms with Crippen molar-refractivity contribution in [2.45, 2.75) is 27.3 Å². The zero-order valence-corrected chi connectivity index (χ0v) is 15.3. The van der Waals surface area contributed by atoms with Crippen LogP contribution in [-0.4, -0.2) is 19.6 Å². The van der Waals surface area contributed by atoms with Gasteiger partial charge in [0.15, 0.2) is 11.5 Å². The third kappa shape index (κ3) is 4.61. The Morgan fingerprint density at radius 2 is 2.08 bits per heavy atom. The highest BCUT2D eigenvalue weighted by molar-refractivity contribution is 7.10. The van der Waals surface area contributed by atoms with Crippen molar-refractivity contribution in [1.29, 1.82) is 0 Å². The van der Waals surface area contributed by atoms with E-state index in [9.17, 15) is 4.79 Å².